The van der Waals surface area contributed by atoms with Gasteiger partial charge in [-0.15, -0.1) is 6.42 Å². The van der Waals surface area contributed by atoms with Gasteiger partial charge in [-0.1, -0.05) is 18.1 Å². The Morgan fingerprint density at radius 3 is 2.60 bits per heavy atom. The van der Waals surface area contributed by atoms with Crippen LogP contribution < -0.4 is 9.64 Å². The number of fused-ring (bicyclic) bond motifs is 3. The Morgan fingerprint density at radius 1 is 1.10 bits per heavy atom. The van der Waals surface area contributed by atoms with E-state index in [9.17, 15) is 22.3 Å². The highest BCUT2D eigenvalue weighted by Crippen LogP contribution is 2.42. The van der Waals surface area contributed by atoms with E-state index in [4.69, 9.17) is 16.1 Å². The van der Waals surface area contributed by atoms with Crippen molar-refractivity contribution in [1.29, 1.82) is 0 Å². The third kappa shape index (κ3) is 5.40. The second kappa shape index (κ2) is 12.1. The molecule has 0 unspecified atom stereocenters. The average molecular weight is 680 g/mol. The van der Waals surface area contributed by atoms with Gasteiger partial charge in [-0.25, -0.2) is 25.9 Å². The Labute approximate surface area is 277 Å². The normalized spacial score (nSPS) is 22.1. The summed E-state index contributed by atoms with van der Waals surface area (Å²) >= 11 is 0. The second-order valence-corrected chi connectivity index (χ2v) is 15.6. The van der Waals surface area contributed by atoms with Crippen LogP contribution >= 0.6 is 0 Å². The molecule has 0 aliphatic carbocycles. The van der Waals surface area contributed by atoms with Gasteiger partial charge in [0.1, 0.15) is 35.7 Å². The minimum absolute atomic E-state index is 0.0357. The third-order valence-corrected chi connectivity index (χ3v) is 12.5. The number of sulfonamides is 1. The molecule has 1 aromatic heterocycles. The molecule has 0 amide bonds. The molecule has 0 spiro atoms. The first-order valence-electron chi connectivity index (χ1n) is 16.0. The molecule has 3 aromatic carbocycles. The van der Waals surface area contributed by atoms with Crippen LogP contribution in [0.2, 0.25) is 0 Å². The lowest BCUT2D eigenvalue weighted by atomic mass is 9.93. The van der Waals surface area contributed by atoms with Gasteiger partial charge in [0.25, 0.3) is 0 Å². The molecule has 3 fully saturated rings. The molecule has 7 rings (SSSR count). The molecule has 0 bridgehead atoms. The van der Waals surface area contributed by atoms with E-state index in [0.717, 1.165) is 19.4 Å². The summed E-state index contributed by atoms with van der Waals surface area (Å²) in [4.78, 5) is 13.2. The maximum Gasteiger partial charge on any atom is 0.319 e. The Morgan fingerprint density at radius 2 is 1.88 bits per heavy atom. The number of benzene rings is 3. The molecule has 4 heterocycles. The summed E-state index contributed by atoms with van der Waals surface area (Å²) < 4.78 is 79.3. The molecule has 2 atom stereocenters. The van der Waals surface area contributed by atoms with E-state index < -0.39 is 38.6 Å². The van der Waals surface area contributed by atoms with Gasteiger partial charge in [0.2, 0.25) is 10.0 Å². The molecular formula is C35H36F3N5O4S. The lowest BCUT2D eigenvalue weighted by Gasteiger charge is -2.34. The first-order chi connectivity index (χ1) is 22.9. The highest BCUT2D eigenvalue weighted by atomic mass is 32.2. The summed E-state index contributed by atoms with van der Waals surface area (Å²) in [6.07, 6.45) is 7.41. The van der Waals surface area contributed by atoms with Gasteiger partial charge in [0, 0.05) is 56.5 Å². The molecule has 3 aliphatic heterocycles. The minimum Gasteiger partial charge on any atom is -0.508 e. The van der Waals surface area contributed by atoms with Crippen LogP contribution in [0.5, 0.6) is 11.8 Å². The van der Waals surface area contributed by atoms with Crippen molar-refractivity contribution in [3.8, 4) is 35.2 Å². The van der Waals surface area contributed by atoms with Crippen LogP contribution in [-0.4, -0.2) is 96.5 Å². The zero-order chi connectivity index (χ0) is 34.0. The van der Waals surface area contributed by atoms with Crippen LogP contribution in [0, 0.1) is 24.0 Å². The maximum atomic E-state index is 16.9. The minimum atomic E-state index is -3.47. The topological polar surface area (TPSA) is 99.1 Å². The first kappa shape index (κ1) is 32.4. The van der Waals surface area contributed by atoms with Crippen molar-refractivity contribution in [2.24, 2.45) is 0 Å². The van der Waals surface area contributed by atoms with Gasteiger partial charge in [0.15, 0.2) is 5.82 Å². The number of anilines is 1. The number of piperidine rings is 1. The zero-order valence-electron chi connectivity index (χ0n) is 26.7. The molecule has 1 N–H and O–H groups in total. The summed E-state index contributed by atoms with van der Waals surface area (Å²) in [5, 5.41) is 11.1. The quantitative estimate of drug-likeness (QED) is 0.266. The molecule has 0 saturated carbocycles. The first-order valence-corrected chi connectivity index (χ1v) is 17.5. The summed E-state index contributed by atoms with van der Waals surface area (Å²) in [6, 6.07) is 8.53. The Balaban J connectivity index is 1.34. The monoisotopic (exact) mass is 679 g/mol. The largest absolute Gasteiger partial charge is 0.508 e. The summed E-state index contributed by atoms with van der Waals surface area (Å²) in [5.41, 5.74) is -0.398. The molecule has 4 aromatic rings. The van der Waals surface area contributed by atoms with Crippen molar-refractivity contribution in [3.63, 3.8) is 0 Å². The summed E-state index contributed by atoms with van der Waals surface area (Å²) in [5.74, 6) is 1.18. The van der Waals surface area contributed by atoms with Crippen LogP contribution in [-0.2, 0) is 10.0 Å². The van der Waals surface area contributed by atoms with E-state index in [1.807, 2.05) is 4.90 Å². The molecule has 3 saturated heterocycles. The fraction of sp³-hybridized carbons (Fsp3) is 0.429. The van der Waals surface area contributed by atoms with Gasteiger partial charge in [-0.05, 0) is 67.4 Å². The van der Waals surface area contributed by atoms with E-state index in [-0.39, 0.29) is 46.0 Å². The second-order valence-electron chi connectivity index (χ2n) is 13.2. The molecular weight excluding hydrogens is 643 g/mol. The fourth-order valence-electron chi connectivity index (χ4n) is 7.73. The zero-order valence-corrected chi connectivity index (χ0v) is 27.5. The SMILES string of the molecule is C#Cc1c(F)ccc2cc(O)cc(-c3ccc4c(N5CCC(S(=O)(=O)N(C)C)CC5)nc(OC[C@@]56CCCN5C[C@H](F)C6)nc4c3F)c12. The van der Waals surface area contributed by atoms with E-state index in [2.05, 4.69) is 15.8 Å². The fourth-order valence-corrected chi connectivity index (χ4v) is 9.13. The number of halogens is 3. The lowest BCUT2D eigenvalue weighted by molar-refractivity contribution is 0.107. The van der Waals surface area contributed by atoms with Crippen LogP contribution in [0.1, 0.15) is 37.7 Å². The van der Waals surface area contributed by atoms with E-state index in [1.54, 1.807) is 6.07 Å². The Hall–Kier alpha value is -4.12. The van der Waals surface area contributed by atoms with Gasteiger partial charge >= 0.3 is 6.01 Å². The number of hydrogen-bond acceptors (Lipinski definition) is 8. The van der Waals surface area contributed by atoms with Crippen LogP contribution in [0.4, 0.5) is 19.0 Å². The maximum absolute atomic E-state index is 16.9. The van der Waals surface area contributed by atoms with Gasteiger partial charge in [-0.2, -0.15) is 9.97 Å². The third-order valence-electron chi connectivity index (χ3n) is 10.2. The molecule has 48 heavy (non-hydrogen) atoms. The van der Waals surface area contributed by atoms with Crippen molar-refractivity contribution in [1.82, 2.24) is 19.2 Å². The Kier molecular flexibility index (Phi) is 8.17. The highest BCUT2D eigenvalue weighted by Gasteiger charge is 2.49. The number of terminal acetylenes is 1. The van der Waals surface area contributed by atoms with Gasteiger partial charge in [0.05, 0.1) is 16.4 Å². The lowest BCUT2D eigenvalue weighted by Crippen LogP contribution is -2.44. The van der Waals surface area contributed by atoms with Crippen LogP contribution in [0.15, 0.2) is 36.4 Å². The predicted octanol–water partition coefficient (Wildman–Crippen LogP) is 5.23. The number of nitrogens with zero attached hydrogens (tertiary/aromatic N) is 5. The highest BCUT2D eigenvalue weighted by molar-refractivity contribution is 7.89. The summed E-state index contributed by atoms with van der Waals surface area (Å²) in [6.45, 7) is 1.93. The average Bonchev–Trinajstić information content (AvgIpc) is 3.59. The van der Waals surface area contributed by atoms with Crippen molar-refractivity contribution in [2.75, 3.05) is 51.8 Å². The van der Waals surface area contributed by atoms with Gasteiger partial charge < -0.3 is 14.7 Å². The van der Waals surface area contributed by atoms with Crippen LogP contribution in [0.25, 0.3) is 32.8 Å². The predicted molar refractivity (Wildman–Crippen MR) is 178 cm³/mol. The molecule has 252 valence electrons. The standard InChI is InChI=1S/C35H36F3N5O4S/c1-4-25-29(37)9-6-21-16-23(44)17-28(30(21)25)26-7-8-27-32(31(26)38)39-34(47-20-35-12-5-13-43(35)19-22(36)18-35)40-33(27)42-14-10-24(11-15-42)48(45,46)41(2)3/h1,6-9,16-17,22,24,44H,5,10-15,18-20H2,2-3H3/t22-,35+/m1/s1. The number of rotatable bonds is 7. The van der Waals surface area contributed by atoms with Crippen molar-refractivity contribution in [2.45, 2.75) is 49.1 Å². The van der Waals surface area contributed by atoms with Crippen molar-refractivity contribution >= 4 is 37.5 Å². The number of aromatic nitrogens is 2. The van der Waals surface area contributed by atoms with Crippen molar-refractivity contribution < 1.29 is 31.4 Å². The molecule has 0 radical (unpaired) electrons. The van der Waals surface area contributed by atoms with E-state index >= 15 is 4.39 Å². The Bertz CT molecular complexity index is 2080. The number of ether oxygens (including phenoxy) is 1. The number of phenolic OH excluding ortho intramolecular Hbond substituents is 1. The summed E-state index contributed by atoms with van der Waals surface area (Å²) in [7, 11) is -0.439. The van der Waals surface area contributed by atoms with E-state index in [1.165, 1.54) is 48.7 Å². The van der Waals surface area contributed by atoms with E-state index in [0.29, 0.717) is 55.5 Å². The van der Waals surface area contributed by atoms with Crippen LogP contribution in [0.3, 0.4) is 0 Å². The van der Waals surface area contributed by atoms with Crippen molar-refractivity contribution in [3.05, 3.63) is 53.6 Å². The molecule has 13 heteroatoms. The number of hydrogen-bond donors (Lipinski definition) is 1. The van der Waals surface area contributed by atoms with Gasteiger partial charge in [-0.3, -0.25) is 4.90 Å². The number of aromatic hydroxyl groups is 1. The smallest absolute Gasteiger partial charge is 0.319 e. The molecule has 3 aliphatic rings. The number of alkyl halides is 1. The molecule has 9 nitrogen and oxygen atoms in total. The number of phenols is 1.